The first kappa shape index (κ1) is 15.2. The monoisotopic (exact) mass is 314 g/mol. The van der Waals surface area contributed by atoms with Crippen LogP contribution in [0.3, 0.4) is 0 Å². The van der Waals surface area contributed by atoms with Crippen molar-refractivity contribution in [3.63, 3.8) is 0 Å². The molecular weight excluding hydrogens is 300 g/mol. The van der Waals surface area contributed by atoms with Gasteiger partial charge in [0.05, 0.1) is 17.2 Å². The summed E-state index contributed by atoms with van der Waals surface area (Å²) in [6.07, 6.45) is 0. The van der Waals surface area contributed by atoms with Crippen molar-refractivity contribution >= 4 is 27.3 Å². The molecule has 1 fully saturated rings. The van der Waals surface area contributed by atoms with Crippen molar-refractivity contribution in [1.29, 1.82) is 0 Å². The molecule has 0 atom stereocenters. The molecule has 0 bridgehead atoms. The predicted molar refractivity (Wildman–Crippen MR) is 74.5 cm³/mol. The fourth-order valence-corrected chi connectivity index (χ4v) is 3.54. The summed E-state index contributed by atoms with van der Waals surface area (Å²) < 4.78 is 23.3. The Morgan fingerprint density at radius 3 is 2.52 bits per heavy atom. The van der Waals surface area contributed by atoms with Gasteiger partial charge in [-0.05, 0) is 19.9 Å². The van der Waals surface area contributed by atoms with Gasteiger partial charge in [-0.3, -0.25) is 20.8 Å². The van der Waals surface area contributed by atoms with Crippen molar-refractivity contribution in [2.45, 2.75) is 25.1 Å². The highest BCUT2D eigenvalue weighted by Crippen LogP contribution is 2.37. The molecule has 114 valence electrons. The van der Waals surface area contributed by atoms with Gasteiger partial charge >= 0.3 is 0 Å². The Bertz CT molecular complexity index is 728. The summed E-state index contributed by atoms with van der Waals surface area (Å²) in [5, 5.41) is 10.8. The van der Waals surface area contributed by atoms with E-state index in [1.807, 2.05) is 0 Å². The minimum atomic E-state index is -3.76. The van der Waals surface area contributed by atoms with Crippen LogP contribution in [0.2, 0.25) is 0 Å². The molecule has 1 heterocycles. The van der Waals surface area contributed by atoms with E-state index in [0.29, 0.717) is 9.99 Å². The first-order valence-corrected chi connectivity index (χ1v) is 7.37. The zero-order chi connectivity index (χ0) is 16.0. The largest absolute Gasteiger partial charge is 0.324 e. The molecule has 1 aromatic rings. The van der Waals surface area contributed by atoms with Crippen LogP contribution < -0.4 is 11.3 Å². The second kappa shape index (κ2) is 4.67. The Kier molecular flexibility index (Phi) is 3.38. The van der Waals surface area contributed by atoms with E-state index < -0.39 is 25.6 Å². The number of hydrazine groups is 1. The lowest BCUT2D eigenvalue weighted by Gasteiger charge is -2.43. The number of rotatable bonds is 4. The number of nitro groups is 1. The van der Waals surface area contributed by atoms with Gasteiger partial charge in [-0.1, -0.05) is 0 Å². The Balaban J connectivity index is 2.39. The number of non-ortho nitro benzene ring substituents is 1. The van der Waals surface area contributed by atoms with Gasteiger partial charge in [0, 0.05) is 17.7 Å². The first-order valence-electron chi connectivity index (χ1n) is 5.93. The van der Waals surface area contributed by atoms with E-state index >= 15 is 0 Å². The second-order valence-corrected chi connectivity index (χ2v) is 7.48. The molecule has 2 rings (SSSR count). The van der Waals surface area contributed by atoms with E-state index in [4.69, 9.17) is 5.84 Å². The molecule has 0 unspecified atom stereocenters. The molecule has 0 saturated carbocycles. The van der Waals surface area contributed by atoms with E-state index in [1.165, 1.54) is 32.0 Å². The number of amides is 1. The van der Waals surface area contributed by atoms with Gasteiger partial charge in [0.1, 0.15) is 0 Å². The molecule has 21 heavy (non-hydrogen) atoms. The van der Waals surface area contributed by atoms with Crippen molar-refractivity contribution in [2.24, 2.45) is 5.84 Å². The van der Waals surface area contributed by atoms with Crippen LogP contribution in [0.1, 0.15) is 19.4 Å². The highest BCUT2D eigenvalue weighted by atomic mass is 32.2. The number of hydrogen-bond acceptors (Lipinski definition) is 7. The number of carbonyl (C=O) groups is 1. The van der Waals surface area contributed by atoms with Crippen molar-refractivity contribution in [3.05, 3.63) is 33.9 Å². The van der Waals surface area contributed by atoms with Gasteiger partial charge in [-0.15, -0.1) is 0 Å². The number of carbonyl (C=O) groups excluding carboxylic acids is 1. The van der Waals surface area contributed by atoms with Gasteiger partial charge in [0.25, 0.3) is 21.6 Å². The molecule has 1 aromatic carbocycles. The van der Waals surface area contributed by atoms with E-state index in [0.717, 1.165) is 0 Å². The third kappa shape index (κ3) is 2.12. The number of hydrogen-bond donors (Lipinski definition) is 2. The van der Waals surface area contributed by atoms with Crippen LogP contribution in [-0.4, -0.2) is 28.3 Å². The molecule has 1 amide bonds. The summed E-state index contributed by atoms with van der Waals surface area (Å²) in [7, 11) is -3.76. The van der Waals surface area contributed by atoms with Gasteiger partial charge < -0.3 is 5.43 Å². The lowest BCUT2D eigenvalue weighted by atomic mass is 10.1. The van der Waals surface area contributed by atoms with Crippen LogP contribution in [0.15, 0.2) is 18.2 Å². The number of anilines is 1. The third-order valence-corrected chi connectivity index (χ3v) is 5.79. The smallest absolute Gasteiger partial charge is 0.269 e. The van der Waals surface area contributed by atoms with Crippen LogP contribution in [0, 0.1) is 10.1 Å². The standard InChI is InChI=1S/C11H14N4O5S/c1-11(2)10(16)14(21(11,19)20)6-7-5-8(15(17)18)3-4-9(7)13-12/h3-5,13H,6,12H2,1-2H3. The average Bonchev–Trinajstić information content (AvgIpc) is 2.43. The quantitative estimate of drug-likeness (QED) is 0.464. The van der Waals surface area contributed by atoms with Crippen LogP contribution in [0.5, 0.6) is 0 Å². The Hall–Kier alpha value is -2.20. The summed E-state index contributed by atoms with van der Waals surface area (Å²) in [6, 6.07) is 3.77. The topological polar surface area (TPSA) is 136 Å². The highest BCUT2D eigenvalue weighted by molar-refractivity contribution is 7.94. The first-order chi connectivity index (χ1) is 9.62. The summed E-state index contributed by atoms with van der Waals surface area (Å²) in [4.78, 5) is 22.0. The maximum absolute atomic E-state index is 12.0. The highest BCUT2D eigenvalue weighted by Gasteiger charge is 2.60. The van der Waals surface area contributed by atoms with E-state index in [9.17, 15) is 23.3 Å². The fraction of sp³-hybridized carbons (Fsp3) is 0.364. The van der Waals surface area contributed by atoms with Crippen LogP contribution in [-0.2, 0) is 21.4 Å². The number of nitrogens with one attached hydrogen (secondary N) is 1. The van der Waals surface area contributed by atoms with Crippen LogP contribution in [0.25, 0.3) is 0 Å². The minimum Gasteiger partial charge on any atom is -0.324 e. The molecule has 0 aliphatic carbocycles. The predicted octanol–water partition coefficient (Wildman–Crippen LogP) is 0.331. The van der Waals surface area contributed by atoms with E-state index in [2.05, 4.69) is 5.43 Å². The molecule has 0 radical (unpaired) electrons. The number of sulfonamides is 1. The minimum absolute atomic E-state index is 0.214. The SMILES string of the molecule is CC1(C)C(=O)N(Cc2cc([N+](=O)[O-])ccc2NN)S1(=O)=O. The second-order valence-electron chi connectivity index (χ2n) is 5.07. The number of nitro benzene ring substituents is 1. The van der Waals surface area contributed by atoms with Crippen molar-refractivity contribution < 1.29 is 18.1 Å². The molecule has 0 spiro atoms. The third-order valence-electron chi connectivity index (χ3n) is 3.45. The lowest BCUT2D eigenvalue weighted by molar-refractivity contribution is -0.384. The normalized spacial score (nSPS) is 19.0. The maximum atomic E-state index is 12.0. The van der Waals surface area contributed by atoms with Crippen LogP contribution >= 0.6 is 0 Å². The zero-order valence-corrected chi connectivity index (χ0v) is 12.2. The summed E-state index contributed by atoms with van der Waals surface area (Å²) in [5.41, 5.74) is 2.67. The zero-order valence-electron chi connectivity index (χ0n) is 11.4. The molecule has 9 nitrogen and oxygen atoms in total. The van der Waals surface area contributed by atoms with Gasteiger partial charge in [-0.25, -0.2) is 12.7 Å². The maximum Gasteiger partial charge on any atom is 0.269 e. The summed E-state index contributed by atoms with van der Waals surface area (Å²) in [6.45, 7) is 2.33. The molecule has 0 aromatic heterocycles. The summed E-state index contributed by atoms with van der Waals surface area (Å²) in [5.74, 6) is 4.74. The molecule has 1 aliphatic heterocycles. The lowest BCUT2D eigenvalue weighted by Crippen LogP contribution is -2.66. The molecule has 10 heteroatoms. The number of nitrogens with two attached hydrogens (primary N) is 1. The Morgan fingerprint density at radius 2 is 2.05 bits per heavy atom. The van der Waals surface area contributed by atoms with Crippen molar-refractivity contribution in [2.75, 3.05) is 5.43 Å². The number of nitrogen functional groups attached to an aromatic ring is 1. The molecule has 1 aliphatic rings. The average molecular weight is 314 g/mol. The van der Waals surface area contributed by atoms with Crippen molar-refractivity contribution in [3.8, 4) is 0 Å². The van der Waals surface area contributed by atoms with Crippen LogP contribution in [0.4, 0.5) is 11.4 Å². The number of benzene rings is 1. The van der Waals surface area contributed by atoms with Crippen molar-refractivity contribution in [1.82, 2.24) is 4.31 Å². The Morgan fingerprint density at radius 1 is 1.43 bits per heavy atom. The van der Waals surface area contributed by atoms with E-state index in [-0.39, 0.29) is 17.8 Å². The van der Waals surface area contributed by atoms with Gasteiger partial charge in [0.15, 0.2) is 4.75 Å². The number of nitrogens with zero attached hydrogens (tertiary/aromatic N) is 2. The Labute approximate surface area is 120 Å². The van der Waals surface area contributed by atoms with Gasteiger partial charge in [-0.2, -0.15) is 0 Å². The molecule has 1 saturated heterocycles. The van der Waals surface area contributed by atoms with Gasteiger partial charge in [0.2, 0.25) is 0 Å². The summed E-state index contributed by atoms with van der Waals surface area (Å²) >= 11 is 0. The fourth-order valence-electron chi connectivity index (χ4n) is 2.03. The molecule has 3 N–H and O–H groups in total. The van der Waals surface area contributed by atoms with E-state index in [1.54, 1.807) is 0 Å². The molecular formula is C11H14N4O5S.